The molecular formula is C14H12BrClFN3O3S. The van der Waals surface area contributed by atoms with Gasteiger partial charge >= 0.3 is 0 Å². The second-order valence-corrected chi connectivity index (χ2v) is 8.06. The smallest absolute Gasteiger partial charge is 0.195 e. The molecule has 0 radical (unpaired) electrons. The Kier molecular flexibility index (Phi) is 4.43. The summed E-state index contributed by atoms with van der Waals surface area (Å²) < 4.78 is 44.0. The van der Waals surface area contributed by atoms with Gasteiger partial charge in [0.05, 0.1) is 10.6 Å². The second kappa shape index (κ2) is 6.12. The highest BCUT2D eigenvalue weighted by Crippen LogP contribution is 2.38. The molecule has 0 atom stereocenters. The molecule has 0 aliphatic carbocycles. The molecule has 0 bridgehead atoms. The third-order valence-electron chi connectivity index (χ3n) is 3.49. The van der Waals surface area contributed by atoms with Gasteiger partial charge in [0.2, 0.25) is 0 Å². The number of oxazole rings is 1. The van der Waals surface area contributed by atoms with Crippen molar-refractivity contribution in [1.29, 1.82) is 0 Å². The van der Waals surface area contributed by atoms with Crippen molar-refractivity contribution in [3.63, 3.8) is 0 Å². The first-order valence-corrected chi connectivity index (χ1v) is 10.3. The maximum atomic E-state index is 14.6. The SMILES string of the molecule is CCc1nc2c(Cl)cc(F)c(-c3n[nH]c(S(C)(=O)=O)c3CBr)c2o1. The number of halogens is 3. The van der Waals surface area contributed by atoms with Crippen molar-refractivity contribution in [1.82, 2.24) is 15.2 Å². The predicted molar refractivity (Wildman–Crippen MR) is 91.7 cm³/mol. The Morgan fingerprint density at radius 1 is 1.46 bits per heavy atom. The van der Waals surface area contributed by atoms with Crippen molar-refractivity contribution in [2.75, 3.05) is 6.26 Å². The number of sulfone groups is 1. The molecule has 0 aliphatic rings. The van der Waals surface area contributed by atoms with Crippen LogP contribution in [0.1, 0.15) is 18.4 Å². The number of aromatic amines is 1. The highest BCUT2D eigenvalue weighted by Gasteiger charge is 2.27. The van der Waals surface area contributed by atoms with Crippen molar-refractivity contribution >= 4 is 48.5 Å². The number of H-pyrrole nitrogens is 1. The highest BCUT2D eigenvalue weighted by atomic mass is 79.9. The summed E-state index contributed by atoms with van der Waals surface area (Å²) in [4.78, 5) is 4.24. The van der Waals surface area contributed by atoms with Crippen LogP contribution in [0.2, 0.25) is 5.02 Å². The minimum absolute atomic E-state index is 0.0298. The standard InChI is InChI=1S/C14H12BrClFN3O3S/c1-3-9-18-12-7(16)4-8(17)10(13(12)23-9)11-6(5-15)14(20-19-11)24(2,21)22/h4H,3,5H2,1-2H3,(H,19,20). The third-order valence-corrected chi connectivity index (χ3v) is 5.42. The molecule has 0 amide bonds. The van der Waals surface area contributed by atoms with E-state index in [0.29, 0.717) is 23.4 Å². The summed E-state index contributed by atoms with van der Waals surface area (Å²) >= 11 is 9.28. The Balaban J connectivity index is 2.39. The molecule has 0 saturated heterocycles. The van der Waals surface area contributed by atoms with E-state index in [4.69, 9.17) is 16.0 Å². The van der Waals surface area contributed by atoms with Crippen LogP contribution in [0.3, 0.4) is 0 Å². The molecule has 128 valence electrons. The molecular weight excluding hydrogens is 425 g/mol. The number of fused-ring (bicyclic) bond motifs is 1. The van der Waals surface area contributed by atoms with Gasteiger partial charge in [-0.2, -0.15) is 5.10 Å². The molecule has 0 saturated carbocycles. The van der Waals surface area contributed by atoms with Gasteiger partial charge in [-0.25, -0.2) is 17.8 Å². The van der Waals surface area contributed by atoms with Crippen LogP contribution in [0.25, 0.3) is 22.4 Å². The quantitative estimate of drug-likeness (QED) is 0.627. The van der Waals surface area contributed by atoms with Crippen LogP contribution >= 0.6 is 27.5 Å². The molecule has 3 aromatic rings. The Morgan fingerprint density at radius 3 is 2.75 bits per heavy atom. The Morgan fingerprint density at radius 2 is 2.17 bits per heavy atom. The zero-order valence-corrected chi connectivity index (χ0v) is 15.8. The number of alkyl halides is 1. The summed E-state index contributed by atoms with van der Waals surface area (Å²) in [5, 5.41) is 6.66. The van der Waals surface area contributed by atoms with E-state index in [-0.39, 0.29) is 32.2 Å². The molecule has 0 spiro atoms. The van der Waals surface area contributed by atoms with Gasteiger partial charge in [-0.05, 0) is 6.07 Å². The van der Waals surface area contributed by atoms with Crippen molar-refractivity contribution in [2.45, 2.75) is 23.7 Å². The van der Waals surface area contributed by atoms with E-state index in [1.807, 2.05) is 6.92 Å². The maximum Gasteiger partial charge on any atom is 0.195 e. The van der Waals surface area contributed by atoms with Gasteiger partial charge in [-0.3, -0.25) is 5.10 Å². The van der Waals surface area contributed by atoms with E-state index < -0.39 is 15.7 Å². The van der Waals surface area contributed by atoms with Crippen LogP contribution in [0.4, 0.5) is 4.39 Å². The number of benzene rings is 1. The molecule has 1 aromatic carbocycles. The highest BCUT2D eigenvalue weighted by molar-refractivity contribution is 9.08. The minimum Gasteiger partial charge on any atom is -0.440 e. The predicted octanol–water partition coefficient (Wildman–Crippen LogP) is 3.87. The second-order valence-electron chi connectivity index (χ2n) is 5.14. The van der Waals surface area contributed by atoms with Gasteiger partial charge in [-0.1, -0.05) is 34.5 Å². The largest absolute Gasteiger partial charge is 0.440 e. The molecule has 2 aromatic heterocycles. The number of nitrogens with zero attached hydrogens (tertiary/aromatic N) is 2. The Labute approximate surface area is 150 Å². The molecule has 0 unspecified atom stereocenters. The van der Waals surface area contributed by atoms with Crippen molar-refractivity contribution in [3.05, 3.63) is 28.4 Å². The van der Waals surface area contributed by atoms with Crippen LogP contribution in [0, 0.1) is 5.82 Å². The van der Waals surface area contributed by atoms with Crippen molar-refractivity contribution in [3.8, 4) is 11.3 Å². The number of rotatable bonds is 4. The number of hydrogen-bond acceptors (Lipinski definition) is 5. The number of hydrogen-bond donors (Lipinski definition) is 1. The summed E-state index contributed by atoms with van der Waals surface area (Å²) in [5.41, 5.74) is 0.946. The van der Waals surface area contributed by atoms with Gasteiger partial charge in [0, 0.05) is 23.6 Å². The fourth-order valence-corrected chi connectivity index (χ4v) is 4.20. The van der Waals surface area contributed by atoms with E-state index in [0.717, 1.165) is 12.3 Å². The number of aryl methyl sites for hydroxylation is 1. The van der Waals surface area contributed by atoms with E-state index in [1.54, 1.807) is 0 Å². The van der Waals surface area contributed by atoms with Crippen LogP contribution in [0.15, 0.2) is 15.5 Å². The molecule has 2 heterocycles. The monoisotopic (exact) mass is 435 g/mol. The van der Waals surface area contributed by atoms with Crippen LogP contribution in [-0.4, -0.2) is 29.9 Å². The van der Waals surface area contributed by atoms with Gasteiger partial charge < -0.3 is 4.42 Å². The van der Waals surface area contributed by atoms with E-state index >= 15 is 0 Å². The Bertz CT molecular complexity index is 1050. The lowest BCUT2D eigenvalue weighted by atomic mass is 10.1. The van der Waals surface area contributed by atoms with Gasteiger partial charge in [0.15, 0.2) is 26.3 Å². The molecule has 3 rings (SSSR count). The van der Waals surface area contributed by atoms with Gasteiger partial charge in [0.1, 0.15) is 17.0 Å². The number of nitrogens with one attached hydrogen (secondary N) is 1. The van der Waals surface area contributed by atoms with Crippen molar-refractivity contribution < 1.29 is 17.2 Å². The summed E-state index contributed by atoms with van der Waals surface area (Å²) in [6, 6.07) is 1.12. The molecule has 0 fully saturated rings. The first-order valence-electron chi connectivity index (χ1n) is 6.89. The minimum atomic E-state index is -3.55. The fourth-order valence-electron chi connectivity index (χ4n) is 2.41. The van der Waals surface area contributed by atoms with Crippen LogP contribution in [0.5, 0.6) is 0 Å². The average Bonchev–Trinajstić information content (AvgIpc) is 3.10. The van der Waals surface area contributed by atoms with E-state index in [2.05, 4.69) is 31.1 Å². The lowest BCUT2D eigenvalue weighted by molar-refractivity contribution is 0.535. The van der Waals surface area contributed by atoms with Gasteiger partial charge in [-0.15, -0.1) is 0 Å². The first-order chi connectivity index (χ1) is 11.3. The normalized spacial score (nSPS) is 12.2. The topological polar surface area (TPSA) is 88.9 Å². The first kappa shape index (κ1) is 17.4. The summed E-state index contributed by atoms with van der Waals surface area (Å²) in [6.45, 7) is 1.84. The average molecular weight is 437 g/mol. The molecule has 0 aliphatic heterocycles. The molecule has 1 N–H and O–H groups in total. The van der Waals surface area contributed by atoms with Crippen LogP contribution < -0.4 is 0 Å². The summed E-state index contributed by atoms with van der Waals surface area (Å²) in [5.74, 6) is -0.266. The lowest BCUT2D eigenvalue weighted by Crippen LogP contribution is -2.01. The Hall–Kier alpha value is -1.45. The zero-order chi connectivity index (χ0) is 17.6. The van der Waals surface area contributed by atoms with E-state index in [9.17, 15) is 12.8 Å². The number of aromatic nitrogens is 3. The van der Waals surface area contributed by atoms with E-state index in [1.165, 1.54) is 0 Å². The zero-order valence-electron chi connectivity index (χ0n) is 12.7. The van der Waals surface area contributed by atoms with Crippen LogP contribution in [-0.2, 0) is 21.6 Å². The summed E-state index contributed by atoms with van der Waals surface area (Å²) in [6.07, 6.45) is 1.56. The lowest BCUT2D eigenvalue weighted by Gasteiger charge is -2.05. The summed E-state index contributed by atoms with van der Waals surface area (Å²) in [7, 11) is -3.55. The molecule has 6 nitrogen and oxygen atoms in total. The fraction of sp³-hybridized carbons (Fsp3) is 0.286. The maximum absolute atomic E-state index is 14.6. The van der Waals surface area contributed by atoms with Crippen molar-refractivity contribution in [2.24, 2.45) is 0 Å². The molecule has 24 heavy (non-hydrogen) atoms. The van der Waals surface area contributed by atoms with Gasteiger partial charge in [0.25, 0.3) is 0 Å². The molecule has 10 heteroatoms. The third kappa shape index (κ3) is 2.74.